The van der Waals surface area contributed by atoms with Crippen molar-refractivity contribution in [3.05, 3.63) is 218 Å². The molecule has 0 saturated carbocycles. The van der Waals surface area contributed by atoms with Gasteiger partial charge in [-0.25, -0.2) is 15.0 Å². The Kier molecular flexibility index (Phi) is 8.42. The van der Waals surface area contributed by atoms with Gasteiger partial charge in [0.1, 0.15) is 11.2 Å². The smallest absolute Gasteiger partial charge is 0.164 e. The first-order valence-corrected chi connectivity index (χ1v) is 20.9. The Morgan fingerprint density at radius 1 is 0.306 bits per heavy atom. The van der Waals surface area contributed by atoms with Crippen LogP contribution in [0.5, 0.6) is 0 Å². The van der Waals surface area contributed by atoms with Gasteiger partial charge in [-0.3, -0.25) is 0 Å². The van der Waals surface area contributed by atoms with E-state index in [0.29, 0.717) is 17.5 Å². The first kappa shape index (κ1) is 35.5. The third kappa shape index (κ3) is 5.98. The average molecular weight is 793 g/mol. The summed E-state index contributed by atoms with van der Waals surface area (Å²) in [6, 6.07) is 76.3. The summed E-state index contributed by atoms with van der Waals surface area (Å²) < 4.78 is 9.14. The van der Waals surface area contributed by atoms with Crippen LogP contribution in [0.15, 0.2) is 223 Å². The van der Waals surface area contributed by atoms with Crippen LogP contribution in [0.4, 0.5) is 0 Å². The molecule has 0 unspecified atom stereocenters. The lowest BCUT2D eigenvalue weighted by Gasteiger charge is -2.15. The second-order valence-electron chi connectivity index (χ2n) is 15.5. The summed E-state index contributed by atoms with van der Waals surface area (Å²) in [4.78, 5) is 15.1. The Morgan fingerprint density at radius 2 is 0.823 bits per heavy atom. The Hall–Kier alpha value is -8.41. The fraction of sp³-hybridized carbons (Fsp3) is 0. The van der Waals surface area contributed by atoms with Gasteiger partial charge in [0.25, 0.3) is 0 Å². The molecule has 0 N–H and O–H groups in total. The zero-order valence-corrected chi connectivity index (χ0v) is 33.5. The zero-order chi connectivity index (χ0) is 41.0. The standard InChI is InChI=1S/C57H36N4O/c1-4-16-37(17-5-1)38-30-32-41(33-31-38)56-58-55(40-20-8-3-9-21-40)59-57(60-56)42-34-35-47-52(36-42)62-51-29-15-25-45(54(47)51)44-22-10-12-26-48(44)61-49-27-13-11-23-46(49)53-43(24-14-28-50(53)61)39-18-6-2-7-19-39/h1-36H. The van der Waals surface area contributed by atoms with Gasteiger partial charge < -0.3 is 8.98 Å². The summed E-state index contributed by atoms with van der Waals surface area (Å²) in [6.45, 7) is 0. The predicted octanol–water partition coefficient (Wildman–Crippen LogP) is 14.9. The fourth-order valence-electron chi connectivity index (χ4n) is 9.02. The highest BCUT2D eigenvalue weighted by atomic mass is 16.3. The lowest BCUT2D eigenvalue weighted by molar-refractivity contribution is 0.669. The molecular formula is C57H36N4O. The highest BCUT2D eigenvalue weighted by Crippen LogP contribution is 2.44. The van der Waals surface area contributed by atoms with Crippen LogP contribution in [-0.4, -0.2) is 19.5 Å². The molecule has 0 aliphatic carbocycles. The SMILES string of the molecule is c1ccc(-c2ccc(-c3nc(-c4ccccc4)nc(-c4ccc5c(c4)oc4cccc(-c6ccccc6-n6c7ccccc7c7c(-c8ccccc8)cccc76)c45)n3)cc2)cc1. The van der Waals surface area contributed by atoms with Crippen molar-refractivity contribution in [1.29, 1.82) is 0 Å². The van der Waals surface area contributed by atoms with E-state index < -0.39 is 0 Å². The van der Waals surface area contributed by atoms with E-state index in [1.54, 1.807) is 0 Å². The highest BCUT2D eigenvalue weighted by molar-refractivity contribution is 6.17. The first-order chi connectivity index (χ1) is 30.7. The second kappa shape index (κ2) is 14.7. The van der Waals surface area contributed by atoms with Gasteiger partial charge in [0.15, 0.2) is 17.5 Å². The van der Waals surface area contributed by atoms with Crippen LogP contribution in [-0.2, 0) is 0 Å². The topological polar surface area (TPSA) is 56.7 Å². The third-order valence-corrected chi connectivity index (χ3v) is 11.9. The van der Waals surface area contributed by atoms with E-state index in [1.807, 2.05) is 36.4 Å². The number of para-hydroxylation sites is 2. The van der Waals surface area contributed by atoms with E-state index in [0.717, 1.165) is 77.6 Å². The van der Waals surface area contributed by atoms with Gasteiger partial charge in [-0.15, -0.1) is 0 Å². The van der Waals surface area contributed by atoms with Crippen molar-refractivity contribution in [2.45, 2.75) is 0 Å². The molecule has 0 aliphatic rings. The molecule has 9 aromatic carbocycles. The number of aromatic nitrogens is 4. The van der Waals surface area contributed by atoms with Gasteiger partial charge in [-0.2, -0.15) is 0 Å². The number of hydrogen-bond donors (Lipinski definition) is 0. The van der Waals surface area contributed by atoms with Gasteiger partial charge in [-0.05, 0) is 64.2 Å². The largest absolute Gasteiger partial charge is 0.456 e. The Labute approximate surface area is 357 Å². The maximum Gasteiger partial charge on any atom is 0.164 e. The molecule has 12 aromatic rings. The molecular weight excluding hydrogens is 757 g/mol. The van der Waals surface area contributed by atoms with E-state index >= 15 is 0 Å². The van der Waals surface area contributed by atoms with E-state index in [-0.39, 0.29) is 0 Å². The molecule has 62 heavy (non-hydrogen) atoms. The van der Waals surface area contributed by atoms with E-state index in [2.05, 4.69) is 187 Å². The lowest BCUT2D eigenvalue weighted by Crippen LogP contribution is -2.00. The molecule has 3 aromatic heterocycles. The minimum atomic E-state index is 0.579. The number of rotatable bonds is 7. The van der Waals surface area contributed by atoms with Crippen LogP contribution in [0, 0.1) is 0 Å². The van der Waals surface area contributed by atoms with Crippen molar-refractivity contribution in [2.75, 3.05) is 0 Å². The maximum absolute atomic E-state index is 6.72. The van der Waals surface area contributed by atoms with Crippen molar-refractivity contribution in [3.63, 3.8) is 0 Å². The number of benzene rings is 9. The molecule has 0 spiro atoms. The first-order valence-electron chi connectivity index (χ1n) is 20.9. The molecule has 0 atom stereocenters. The third-order valence-electron chi connectivity index (χ3n) is 11.9. The predicted molar refractivity (Wildman–Crippen MR) is 254 cm³/mol. The van der Waals surface area contributed by atoms with Gasteiger partial charge in [0, 0.05) is 43.8 Å². The van der Waals surface area contributed by atoms with Crippen LogP contribution in [0.25, 0.3) is 117 Å². The summed E-state index contributed by atoms with van der Waals surface area (Å²) in [5.74, 6) is 1.80. The normalized spacial score (nSPS) is 11.5. The van der Waals surface area contributed by atoms with Crippen molar-refractivity contribution in [2.24, 2.45) is 0 Å². The molecule has 290 valence electrons. The molecule has 5 nitrogen and oxygen atoms in total. The van der Waals surface area contributed by atoms with Crippen LogP contribution in [0.1, 0.15) is 0 Å². The summed E-state index contributed by atoms with van der Waals surface area (Å²) in [5, 5.41) is 4.55. The molecule has 0 saturated heterocycles. The molecule has 5 heteroatoms. The summed E-state index contributed by atoms with van der Waals surface area (Å²) in [7, 11) is 0. The molecule has 0 fully saturated rings. The number of furan rings is 1. The summed E-state index contributed by atoms with van der Waals surface area (Å²) in [5.41, 5.74) is 14.6. The van der Waals surface area contributed by atoms with Crippen molar-refractivity contribution >= 4 is 43.7 Å². The monoisotopic (exact) mass is 792 g/mol. The quantitative estimate of drug-likeness (QED) is 0.161. The Balaban J connectivity index is 0.999. The second-order valence-corrected chi connectivity index (χ2v) is 15.5. The molecule has 0 bridgehead atoms. The van der Waals surface area contributed by atoms with Crippen molar-refractivity contribution in [1.82, 2.24) is 19.5 Å². The highest BCUT2D eigenvalue weighted by Gasteiger charge is 2.21. The Morgan fingerprint density at radius 3 is 1.58 bits per heavy atom. The van der Waals surface area contributed by atoms with Gasteiger partial charge >= 0.3 is 0 Å². The van der Waals surface area contributed by atoms with Crippen LogP contribution in [0.3, 0.4) is 0 Å². The van der Waals surface area contributed by atoms with Crippen LogP contribution >= 0.6 is 0 Å². The lowest BCUT2D eigenvalue weighted by atomic mass is 9.97. The summed E-state index contributed by atoms with van der Waals surface area (Å²) in [6.07, 6.45) is 0. The van der Waals surface area contributed by atoms with Gasteiger partial charge in [0.05, 0.1) is 16.7 Å². The molecule has 0 aliphatic heterocycles. The molecule has 3 heterocycles. The van der Waals surface area contributed by atoms with E-state index in [1.165, 1.54) is 21.9 Å². The van der Waals surface area contributed by atoms with Crippen molar-refractivity contribution < 1.29 is 4.42 Å². The van der Waals surface area contributed by atoms with Crippen LogP contribution in [0.2, 0.25) is 0 Å². The average Bonchev–Trinajstić information content (AvgIpc) is 3.90. The number of nitrogens with zero attached hydrogens (tertiary/aromatic N) is 4. The number of fused-ring (bicyclic) bond motifs is 6. The minimum Gasteiger partial charge on any atom is -0.456 e. The molecule has 0 radical (unpaired) electrons. The minimum absolute atomic E-state index is 0.579. The van der Waals surface area contributed by atoms with E-state index in [9.17, 15) is 0 Å². The fourth-order valence-corrected chi connectivity index (χ4v) is 9.02. The maximum atomic E-state index is 6.72. The van der Waals surface area contributed by atoms with E-state index in [4.69, 9.17) is 19.4 Å². The summed E-state index contributed by atoms with van der Waals surface area (Å²) >= 11 is 0. The molecule has 12 rings (SSSR count). The van der Waals surface area contributed by atoms with Gasteiger partial charge in [0.2, 0.25) is 0 Å². The van der Waals surface area contributed by atoms with Gasteiger partial charge in [-0.1, -0.05) is 182 Å². The molecule has 0 amide bonds. The van der Waals surface area contributed by atoms with Crippen LogP contribution < -0.4 is 0 Å². The zero-order valence-electron chi connectivity index (χ0n) is 33.5. The number of hydrogen-bond acceptors (Lipinski definition) is 4. The Bertz CT molecular complexity index is 3610. The van der Waals surface area contributed by atoms with Crippen molar-refractivity contribution in [3.8, 4) is 73.2 Å².